The van der Waals surface area contributed by atoms with Crippen molar-refractivity contribution >= 4 is 50.1 Å². The molecule has 3 aromatic carbocycles. The fourth-order valence-corrected chi connectivity index (χ4v) is 4.79. The number of benzene rings is 3. The summed E-state index contributed by atoms with van der Waals surface area (Å²) < 4.78 is 33.1. The van der Waals surface area contributed by atoms with Gasteiger partial charge in [-0.3, -0.25) is 4.72 Å². The molecule has 0 aliphatic heterocycles. The van der Waals surface area contributed by atoms with Crippen molar-refractivity contribution in [2.45, 2.75) is 14.7 Å². The van der Waals surface area contributed by atoms with Crippen LogP contribution >= 0.6 is 23.4 Å². The highest BCUT2D eigenvalue weighted by Crippen LogP contribution is 2.35. The van der Waals surface area contributed by atoms with Crippen LogP contribution < -0.4 is 4.72 Å². The molecule has 9 heteroatoms. The van der Waals surface area contributed by atoms with Gasteiger partial charge in [-0.25, -0.2) is 13.0 Å². The highest BCUT2D eigenvalue weighted by molar-refractivity contribution is 7.99. The molecule has 1 aromatic heterocycles. The first-order valence-electron chi connectivity index (χ1n) is 7.79. The number of fused-ring (bicyclic) bond motifs is 1. The molecule has 0 atom stereocenters. The second-order valence-corrected chi connectivity index (χ2v) is 8.75. The van der Waals surface area contributed by atoms with E-state index in [9.17, 15) is 8.42 Å². The second-order valence-electron chi connectivity index (χ2n) is 5.55. The minimum absolute atomic E-state index is 0.00699. The summed E-state index contributed by atoms with van der Waals surface area (Å²) in [6.45, 7) is 0. The third kappa shape index (κ3) is 3.78. The SMILES string of the molecule is O=S(=O)(Nc1ccccc1Sc1ccc(Cl)cc1)c1cccc2nonc12. The Morgan fingerprint density at radius 3 is 2.52 bits per heavy atom. The van der Waals surface area contributed by atoms with Crippen molar-refractivity contribution in [2.24, 2.45) is 0 Å². The van der Waals surface area contributed by atoms with E-state index in [1.54, 1.807) is 36.4 Å². The Morgan fingerprint density at radius 1 is 0.926 bits per heavy atom. The molecule has 4 aromatic rings. The summed E-state index contributed by atoms with van der Waals surface area (Å²) in [4.78, 5) is 1.70. The maximum atomic E-state index is 12.9. The topological polar surface area (TPSA) is 85.1 Å². The summed E-state index contributed by atoms with van der Waals surface area (Å²) in [6, 6.07) is 19.2. The van der Waals surface area contributed by atoms with Crippen molar-refractivity contribution in [3.05, 3.63) is 71.8 Å². The Morgan fingerprint density at radius 2 is 1.70 bits per heavy atom. The first kappa shape index (κ1) is 17.8. The van der Waals surface area contributed by atoms with Gasteiger partial charge in [-0.1, -0.05) is 41.6 Å². The van der Waals surface area contributed by atoms with Crippen molar-refractivity contribution in [3.63, 3.8) is 0 Å². The van der Waals surface area contributed by atoms with E-state index in [0.29, 0.717) is 16.2 Å². The van der Waals surface area contributed by atoms with Gasteiger partial charge in [-0.2, -0.15) is 0 Å². The summed E-state index contributed by atoms with van der Waals surface area (Å²) in [5, 5.41) is 8.03. The Bertz CT molecular complexity index is 1210. The van der Waals surface area contributed by atoms with E-state index >= 15 is 0 Å². The molecule has 0 saturated heterocycles. The van der Waals surface area contributed by atoms with E-state index in [-0.39, 0.29) is 10.4 Å². The summed E-state index contributed by atoms with van der Waals surface area (Å²) in [6.07, 6.45) is 0. The smallest absolute Gasteiger partial charge is 0.264 e. The van der Waals surface area contributed by atoms with Gasteiger partial charge < -0.3 is 0 Å². The van der Waals surface area contributed by atoms with Gasteiger partial charge in [0.25, 0.3) is 10.0 Å². The molecule has 0 radical (unpaired) electrons. The number of hydrogen-bond acceptors (Lipinski definition) is 6. The van der Waals surface area contributed by atoms with E-state index in [4.69, 9.17) is 11.6 Å². The molecule has 0 unspecified atom stereocenters. The third-order valence-corrected chi connectivity index (χ3v) is 6.44. The Hall–Kier alpha value is -2.55. The number of hydrogen-bond donors (Lipinski definition) is 1. The van der Waals surface area contributed by atoms with Crippen LogP contribution in [0.15, 0.2) is 86.0 Å². The van der Waals surface area contributed by atoms with Crippen LogP contribution in [-0.2, 0) is 10.0 Å². The van der Waals surface area contributed by atoms with Crippen LogP contribution in [0.2, 0.25) is 5.02 Å². The van der Waals surface area contributed by atoms with Crippen LogP contribution in [0.4, 0.5) is 5.69 Å². The third-order valence-electron chi connectivity index (χ3n) is 3.71. The van der Waals surface area contributed by atoms with Gasteiger partial charge in [0, 0.05) is 14.8 Å². The number of rotatable bonds is 5. The highest BCUT2D eigenvalue weighted by atomic mass is 35.5. The summed E-state index contributed by atoms with van der Waals surface area (Å²) >= 11 is 7.35. The molecule has 0 fully saturated rings. The normalized spacial score (nSPS) is 11.6. The van der Waals surface area contributed by atoms with Crippen LogP contribution in [0.25, 0.3) is 11.0 Å². The summed E-state index contributed by atoms with van der Waals surface area (Å²) in [7, 11) is -3.88. The lowest BCUT2D eigenvalue weighted by atomic mass is 10.3. The first-order chi connectivity index (χ1) is 13.0. The summed E-state index contributed by atoms with van der Waals surface area (Å²) in [5.74, 6) is 0. The standard InChI is InChI=1S/C18H12ClN3O3S2/c19-12-8-10-13(11-9-12)26-16-6-2-1-4-14(16)22-27(23,24)17-7-3-5-15-18(17)21-25-20-15/h1-11,22H. The molecule has 0 saturated carbocycles. The number of para-hydroxylation sites is 1. The van der Waals surface area contributed by atoms with E-state index < -0.39 is 10.0 Å². The largest absolute Gasteiger partial charge is 0.278 e. The number of anilines is 1. The zero-order valence-corrected chi connectivity index (χ0v) is 16.1. The molecule has 0 spiro atoms. The van der Waals surface area contributed by atoms with E-state index in [1.807, 2.05) is 24.3 Å². The first-order valence-corrected chi connectivity index (χ1v) is 10.5. The Kier molecular flexibility index (Phi) is 4.77. The molecule has 0 bridgehead atoms. The number of aromatic nitrogens is 2. The number of halogens is 1. The molecule has 1 N–H and O–H groups in total. The lowest BCUT2D eigenvalue weighted by molar-refractivity contribution is 0.315. The molecule has 4 rings (SSSR count). The molecule has 1 heterocycles. The van der Waals surface area contributed by atoms with Gasteiger partial charge in [0.2, 0.25) is 0 Å². The van der Waals surface area contributed by atoms with E-state index in [1.165, 1.54) is 17.8 Å². The van der Waals surface area contributed by atoms with Crippen LogP contribution in [0, 0.1) is 0 Å². The predicted molar refractivity (Wildman–Crippen MR) is 105 cm³/mol. The molecule has 27 heavy (non-hydrogen) atoms. The van der Waals surface area contributed by atoms with Crippen LogP contribution in [0.1, 0.15) is 0 Å². The number of sulfonamides is 1. The zero-order valence-electron chi connectivity index (χ0n) is 13.7. The van der Waals surface area contributed by atoms with Crippen molar-refractivity contribution in [1.82, 2.24) is 10.3 Å². The number of nitrogens with zero attached hydrogens (tertiary/aromatic N) is 2. The minimum Gasteiger partial charge on any atom is -0.278 e. The van der Waals surface area contributed by atoms with Gasteiger partial charge in [0.05, 0.1) is 5.69 Å². The van der Waals surface area contributed by atoms with Gasteiger partial charge >= 0.3 is 0 Å². The van der Waals surface area contributed by atoms with E-state index in [0.717, 1.165) is 9.79 Å². The Labute approximate surface area is 164 Å². The fraction of sp³-hybridized carbons (Fsp3) is 0. The highest BCUT2D eigenvalue weighted by Gasteiger charge is 2.21. The lowest BCUT2D eigenvalue weighted by Crippen LogP contribution is -2.14. The van der Waals surface area contributed by atoms with Crippen LogP contribution in [0.5, 0.6) is 0 Å². The van der Waals surface area contributed by atoms with Gasteiger partial charge in [0.15, 0.2) is 5.52 Å². The van der Waals surface area contributed by atoms with Crippen molar-refractivity contribution < 1.29 is 13.0 Å². The fourth-order valence-electron chi connectivity index (χ4n) is 2.47. The van der Waals surface area contributed by atoms with Crippen molar-refractivity contribution in [3.8, 4) is 0 Å². The maximum Gasteiger partial charge on any atom is 0.264 e. The monoisotopic (exact) mass is 417 g/mol. The van der Waals surface area contributed by atoms with Gasteiger partial charge in [-0.15, -0.1) is 0 Å². The molecule has 0 aliphatic carbocycles. The Balaban J connectivity index is 1.68. The molecule has 0 amide bonds. The molecular weight excluding hydrogens is 406 g/mol. The second kappa shape index (κ2) is 7.22. The molecule has 6 nitrogen and oxygen atoms in total. The van der Waals surface area contributed by atoms with Crippen molar-refractivity contribution in [2.75, 3.05) is 4.72 Å². The average Bonchev–Trinajstić information content (AvgIpc) is 3.13. The maximum absolute atomic E-state index is 12.9. The lowest BCUT2D eigenvalue weighted by Gasteiger charge is -2.12. The van der Waals surface area contributed by atoms with Crippen LogP contribution in [0.3, 0.4) is 0 Å². The molecular formula is C18H12ClN3O3S2. The molecule has 0 aliphatic rings. The minimum atomic E-state index is -3.88. The van der Waals surface area contributed by atoms with E-state index in [2.05, 4.69) is 19.7 Å². The molecule has 136 valence electrons. The number of nitrogens with one attached hydrogen (secondary N) is 1. The zero-order chi connectivity index (χ0) is 18.9. The summed E-state index contributed by atoms with van der Waals surface area (Å²) in [5.41, 5.74) is 1.03. The average molecular weight is 418 g/mol. The van der Waals surface area contributed by atoms with Gasteiger partial charge in [-0.05, 0) is 58.8 Å². The van der Waals surface area contributed by atoms with Gasteiger partial charge in [0.1, 0.15) is 10.4 Å². The van der Waals surface area contributed by atoms with Crippen molar-refractivity contribution in [1.29, 1.82) is 0 Å². The van der Waals surface area contributed by atoms with Crippen LogP contribution in [-0.4, -0.2) is 18.7 Å². The predicted octanol–water partition coefficient (Wildman–Crippen LogP) is 4.83. The quantitative estimate of drug-likeness (QED) is 0.500.